The van der Waals surface area contributed by atoms with Crippen LogP contribution in [0.15, 0.2) is 65.7 Å². The van der Waals surface area contributed by atoms with Crippen molar-refractivity contribution in [2.45, 2.75) is 17.2 Å². The highest BCUT2D eigenvalue weighted by Gasteiger charge is 2.27. The second kappa shape index (κ2) is 5.76. The topological polar surface area (TPSA) is 42.3 Å². The largest absolute Gasteiger partial charge is 0.306 e. The lowest BCUT2D eigenvalue weighted by Crippen LogP contribution is -2.13. The van der Waals surface area contributed by atoms with Gasteiger partial charge < -0.3 is 4.90 Å². The SMILES string of the molecule is CN1CC[C@@H](c2cn(S(=O)(=O)c3ccccc3)c3ccccc23)C1. The number of aromatic nitrogens is 1. The Hall–Kier alpha value is -2.11. The fraction of sp³-hybridized carbons (Fsp3) is 0.263. The minimum atomic E-state index is -3.58. The lowest BCUT2D eigenvalue weighted by molar-refractivity contribution is 0.412. The van der Waals surface area contributed by atoms with E-state index in [1.807, 2.05) is 36.5 Å². The van der Waals surface area contributed by atoms with Gasteiger partial charge >= 0.3 is 0 Å². The number of rotatable bonds is 3. The zero-order valence-corrected chi connectivity index (χ0v) is 14.4. The van der Waals surface area contributed by atoms with Crippen molar-refractivity contribution in [1.29, 1.82) is 0 Å². The van der Waals surface area contributed by atoms with Crippen molar-refractivity contribution < 1.29 is 8.42 Å². The molecule has 2 aromatic carbocycles. The highest BCUT2D eigenvalue weighted by atomic mass is 32.2. The Labute approximate surface area is 142 Å². The van der Waals surface area contributed by atoms with E-state index in [4.69, 9.17) is 0 Å². The number of para-hydroxylation sites is 1. The molecule has 1 aromatic heterocycles. The molecule has 2 heterocycles. The Morgan fingerprint density at radius 2 is 1.71 bits per heavy atom. The molecule has 24 heavy (non-hydrogen) atoms. The molecule has 0 N–H and O–H groups in total. The Morgan fingerprint density at radius 1 is 1.00 bits per heavy atom. The summed E-state index contributed by atoms with van der Waals surface area (Å²) in [4.78, 5) is 2.61. The van der Waals surface area contributed by atoms with Crippen molar-refractivity contribution in [3.8, 4) is 0 Å². The first-order valence-electron chi connectivity index (χ1n) is 8.16. The van der Waals surface area contributed by atoms with Crippen molar-refractivity contribution >= 4 is 20.9 Å². The molecule has 0 aliphatic carbocycles. The van der Waals surface area contributed by atoms with Crippen LogP contribution in [0.5, 0.6) is 0 Å². The van der Waals surface area contributed by atoms with E-state index < -0.39 is 10.0 Å². The summed E-state index contributed by atoms with van der Waals surface area (Å²) in [5.74, 6) is 0.382. The maximum absolute atomic E-state index is 13.1. The zero-order chi connectivity index (χ0) is 16.7. The molecule has 1 atom stereocenters. The Bertz CT molecular complexity index is 977. The van der Waals surface area contributed by atoms with Gasteiger partial charge in [-0.2, -0.15) is 0 Å². The molecule has 124 valence electrons. The predicted molar refractivity (Wildman–Crippen MR) is 95.8 cm³/mol. The van der Waals surface area contributed by atoms with Crippen LogP contribution in [0.1, 0.15) is 17.9 Å². The summed E-state index contributed by atoms with van der Waals surface area (Å²) < 4.78 is 27.6. The van der Waals surface area contributed by atoms with Crippen LogP contribution in [-0.4, -0.2) is 37.4 Å². The summed E-state index contributed by atoms with van der Waals surface area (Å²) in [6.07, 6.45) is 2.90. The number of likely N-dealkylation sites (tertiary alicyclic amines) is 1. The van der Waals surface area contributed by atoms with Crippen molar-refractivity contribution in [1.82, 2.24) is 8.87 Å². The van der Waals surface area contributed by atoms with Crippen LogP contribution in [0.25, 0.3) is 10.9 Å². The minimum absolute atomic E-state index is 0.320. The molecule has 1 saturated heterocycles. The Kier molecular flexibility index (Phi) is 3.70. The van der Waals surface area contributed by atoms with Gasteiger partial charge in [0, 0.05) is 18.1 Å². The van der Waals surface area contributed by atoms with Gasteiger partial charge in [-0.15, -0.1) is 0 Å². The van der Waals surface area contributed by atoms with E-state index in [0.717, 1.165) is 36.0 Å². The highest BCUT2D eigenvalue weighted by Crippen LogP contribution is 2.34. The number of nitrogens with zero attached hydrogens (tertiary/aromatic N) is 2. The first kappa shape index (κ1) is 15.4. The third-order valence-electron chi connectivity index (χ3n) is 4.84. The molecule has 1 fully saturated rings. The van der Waals surface area contributed by atoms with Gasteiger partial charge in [0.1, 0.15) is 0 Å². The fourth-order valence-electron chi connectivity index (χ4n) is 3.59. The summed E-state index contributed by atoms with van der Waals surface area (Å²) in [5, 5.41) is 1.04. The monoisotopic (exact) mass is 340 g/mol. The van der Waals surface area contributed by atoms with Crippen LogP contribution in [0, 0.1) is 0 Å². The van der Waals surface area contributed by atoms with E-state index in [1.165, 1.54) is 3.97 Å². The predicted octanol–water partition coefficient (Wildman–Crippen LogP) is 3.30. The van der Waals surface area contributed by atoms with Gasteiger partial charge in [-0.3, -0.25) is 0 Å². The number of benzene rings is 2. The van der Waals surface area contributed by atoms with Gasteiger partial charge in [-0.1, -0.05) is 36.4 Å². The van der Waals surface area contributed by atoms with Gasteiger partial charge in [-0.05, 0) is 49.7 Å². The summed E-state index contributed by atoms with van der Waals surface area (Å²) >= 11 is 0. The first-order valence-corrected chi connectivity index (χ1v) is 9.60. The van der Waals surface area contributed by atoms with Crippen molar-refractivity contribution in [2.24, 2.45) is 0 Å². The third kappa shape index (κ3) is 2.44. The highest BCUT2D eigenvalue weighted by molar-refractivity contribution is 7.90. The van der Waals surface area contributed by atoms with Gasteiger partial charge in [0.05, 0.1) is 10.4 Å². The van der Waals surface area contributed by atoms with Crippen LogP contribution in [0.3, 0.4) is 0 Å². The van der Waals surface area contributed by atoms with Gasteiger partial charge in [0.2, 0.25) is 0 Å². The molecule has 0 spiro atoms. The van der Waals surface area contributed by atoms with E-state index in [9.17, 15) is 8.42 Å². The molecule has 3 aromatic rings. The van der Waals surface area contributed by atoms with Crippen LogP contribution >= 0.6 is 0 Å². The van der Waals surface area contributed by atoms with Gasteiger partial charge in [-0.25, -0.2) is 12.4 Å². The smallest absolute Gasteiger partial charge is 0.268 e. The molecule has 5 heteroatoms. The average molecular weight is 340 g/mol. The molecule has 4 nitrogen and oxygen atoms in total. The normalized spacial score (nSPS) is 19.1. The molecule has 4 rings (SSSR count). The summed E-state index contributed by atoms with van der Waals surface area (Å²) in [5.41, 5.74) is 1.89. The molecule has 0 amide bonds. The molecule has 0 unspecified atom stereocenters. The zero-order valence-electron chi connectivity index (χ0n) is 13.6. The molecule has 1 aliphatic rings. The van der Waals surface area contributed by atoms with Crippen LogP contribution in [-0.2, 0) is 10.0 Å². The van der Waals surface area contributed by atoms with Crippen molar-refractivity contribution in [3.63, 3.8) is 0 Å². The third-order valence-corrected chi connectivity index (χ3v) is 6.53. The van der Waals surface area contributed by atoms with Crippen molar-refractivity contribution in [2.75, 3.05) is 20.1 Å². The number of hydrogen-bond donors (Lipinski definition) is 0. The quantitative estimate of drug-likeness (QED) is 0.735. The molecule has 0 bridgehead atoms. The number of likely N-dealkylation sites (N-methyl/N-ethyl adjacent to an activating group) is 1. The second-order valence-electron chi connectivity index (χ2n) is 6.46. The Morgan fingerprint density at radius 3 is 2.42 bits per heavy atom. The standard InChI is InChI=1S/C19H20N2O2S/c1-20-12-11-15(13-20)18-14-21(19-10-6-5-9-17(18)19)24(22,23)16-7-3-2-4-8-16/h2-10,14-15H,11-13H2,1H3/t15-/m1/s1. The van der Waals surface area contributed by atoms with Gasteiger partial charge in [0.25, 0.3) is 10.0 Å². The Balaban J connectivity index is 1.91. The van der Waals surface area contributed by atoms with Crippen LogP contribution in [0.2, 0.25) is 0 Å². The minimum Gasteiger partial charge on any atom is -0.306 e. The van der Waals surface area contributed by atoms with E-state index in [1.54, 1.807) is 24.3 Å². The first-order chi connectivity index (χ1) is 11.6. The fourth-order valence-corrected chi connectivity index (χ4v) is 4.99. The summed E-state index contributed by atoms with van der Waals surface area (Å²) in [6, 6.07) is 16.4. The van der Waals surface area contributed by atoms with Crippen molar-refractivity contribution in [3.05, 3.63) is 66.4 Å². The average Bonchev–Trinajstić information content (AvgIpc) is 3.19. The molecule has 0 radical (unpaired) electrons. The number of hydrogen-bond acceptors (Lipinski definition) is 3. The molecule has 1 aliphatic heterocycles. The molecule has 0 saturated carbocycles. The van der Waals surface area contributed by atoms with Crippen LogP contribution in [0.4, 0.5) is 0 Å². The van der Waals surface area contributed by atoms with E-state index in [-0.39, 0.29) is 0 Å². The summed E-state index contributed by atoms with van der Waals surface area (Å²) in [7, 11) is -1.47. The number of fused-ring (bicyclic) bond motifs is 1. The summed E-state index contributed by atoms with van der Waals surface area (Å²) in [6.45, 7) is 2.02. The maximum Gasteiger partial charge on any atom is 0.268 e. The van der Waals surface area contributed by atoms with Gasteiger partial charge in [0.15, 0.2) is 0 Å². The van der Waals surface area contributed by atoms with E-state index in [2.05, 4.69) is 11.9 Å². The molecular formula is C19H20N2O2S. The van der Waals surface area contributed by atoms with E-state index >= 15 is 0 Å². The van der Waals surface area contributed by atoms with Crippen LogP contribution < -0.4 is 0 Å². The maximum atomic E-state index is 13.1. The lowest BCUT2D eigenvalue weighted by Gasteiger charge is -2.09. The molecular weight excluding hydrogens is 320 g/mol. The van der Waals surface area contributed by atoms with E-state index in [0.29, 0.717) is 10.8 Å². The second-order valence-corrected chi connectivity index (χ2v) is 8.28. The lowest BCUT2D eigenvalue weighted by atomic mass is 9.98.